The molecule has 3 rings (SSSR count). The number of hydrogen-bond acceptors (Lipinski definition) is 3. The maximum Gasteiger partial charge on any atom is 0.308 e. The Kier molecular flexibility index (Phi) is 5.21. The van der Waals surface area contributed by atoms with Gasteiger partial charge in [-0.2, -0.15) is 0 Å². The number of hydrogen-bond donors (Lipinski definition) is 1. The van der Waals surface area contributed by atoms with Gasteiger partial charge in [0.15, 0.2) is 0 Å². The van der Waals surface area contributed by atoms with E-state index in [9.17, 15) is 19.1 Å². The van der Waals surface area contributed by atoms with Crippen LogP contribution in [0.15, 0.2) is 48.5 Å². The average Bonchev–Trinajstić information content (AvgIpc) is 3.01. The molecule has 0 saturated carbocycles. The molecule has 5 nitrogen and oxygen atoms in total. The van der Waals surface area contributed by atoms with Crippen LogP contribution in [0, 0.1) is 11.7 Å². The monoisotopic (exact) mass is 357 g/mol. The first kappa shape index (κ1) is 17.9. The van der Waals surface area contributed by atoms with Gasteiger partial charge < -0.3 is 14.7 Å². The number of rotatable bonds is 5. The van der Waals surface area contributed by atoms with Crippen molar-refractivity contribution in [2.75, 3.05) is 6.54 Å². The molecular weight excluding hydrogens is 337 g/mol. The van der Waals surface area contributed by atoms with E-state index in [1.807, 2.05) is 6.07 Å². The van der Waals surface area contributed by atoms with E-state index in [0.717, 1.165) is 5.56 Å². The van der Waals surface area contributed by atoms with Crippen molar-refractivity contribution in [2.45, 2.75) is 26.0 Å². The molecule has 2 unspecified atom stereocenters. The Bertz CT molecular complexity index is 823. The van der Waals surface area contributed by atoms with Gasteiger partial charge in [0.2, 0.25) is 0 Å². The van der Waals surface area contributed by atoms with E-state index in [1.54, 1.807) is 42.2 Å². The van der Waals surface area contributed by atoms with E-state index in [2.05, 4.69) is 0 Å². The molecule has 0 spiro atoms. The number of aliphatic carboxylic acids is 1. The number of carbonyl (C=O) groups excluding carboxylic acids is 1. The summed E-state index contributed by atoms with van der Waals surface area (Å²) in [5.41, 5.74) is 1.27. The van der Waals surface area contributed by atoms with Crippen molar-refractivity contribution in [3.05, 3.63) is 65.5 Å². The minimum atomic E-state index is -0.870. The Labute approximate surface area is 151 Å². The summed E-state index contributed by atoms with van der Waals surface area (Å²) in [6, 6.07) is 12.5. The molecule has 2 atom stereocenters. The van der Waals surface area contributed by atoms with E-state index in [-0.39, 0.29) is 24.4 Å². The summed E-state index contributed by atoms with van der Waals surface area (Å²) in [5.74, 6) is -1.54. The Balaban J connectivity index is 1.69. The van der Waals surface area contributed by atoms with Crippen molar-refractivity contribution < 1.29 is 23.8 Å². The molecule has 0 aliphatic carbocycles. The Morgan fingerprint density at radius 1 is 1.23 bits per heavy atom. The van der Waals surface area contributed by atoms with Gasteiger partial charge in [0, 0.05) is 24.2 Å². The second-order valence-corrected chi connectivity index (χ2v) is 6.42. The van der Waals surface area contributed by atoms with E-state index < -0.39 is 11.9 Å². The van der Waals surface area contributed by atoms with E-state index >= 15 is 0 Å². The number of nitrogens with zero attached hydrogens (tertiary/aromatic N) is 1. The Hall–Kier alpha value is -2.89. The van der Waals surface area contributed by atoms with Gasteiger partial charge in [-0.1, -0.05) is 18.2 Å². The van der Waals surface area contributed by atoms with Crippen molar-refractivity contribution >= 4 is 11.9 Å². The number of benzene rings is 2. The van der Waals surface area contributed by atoms with Crippen LogP contribution < -0.4 is 4.74 Å². The minimum Gasteiger partial charge on any atom is -0.489 e. The normalized spacial score (nSPS) is 19.4. The zero-order valence-corrected chi connectivity index (χ0v) is 14.4. The first-order valence-corrected chi connectivity index (χ1v) is 8.47. The predicted molar refractivity (Wildman–Crippen MR) is 93.4 cm³/mol. The molecule has 136 valence electrons. The molecule has 26 heavy (non-hydrogen) atoms. The molecule has 1 heterocycles. The number of carboxylic acid groups (broad SMARTS) is 1. The first-order chi connectivity index (χ1) is 12.5. The van der Waals surface area contributed by atoms with Crippen LogP contribution in [-0.2, 0) is 11.4 Å². The summed E-state index contributed by atoms with van der Waals surface area (Å²) in [4.78, 5) is 25.6. The second kappa shape index (κ2) is 7.56. The summed E-state index contributed by atoms with van der Waals surface area (Å²) in [5, 5.41) is 9.21. The van der Waals surface area contributed by atoms with Gasteiger partial charge in [0.05, 0.1) is 5.92 Å². The number of carbonyl (C=O) groups is 2. The molecule has 1 amide bonds. The number of amides is 1. The molecule has 0 radical (unpaired) electrons. The van der Waals surface area contributed by atoms with Crippen molar-refractivity contribution in [2.24, 2.45) is 5.92 Å². The van der Waals surface area contributed by atoms with Crippen molar-refractivity contribution in [3.8, 4) is 5.75 Å². The molecule has 1 fully saturated rings. The van der Waals surface area contributed by atoms with E-state index in [4.69, 9.17) is 4.74 Å². The standard InChI is InChI=1S/C20H20FNO4/c1-13-18(20(24)25)8-9-22(13)19(23)15-5-2-4-14(10-15)12-26-17-7-3-6-16(21)11-17/h2-7,10-11,13,18H,8-9,12H2,1H3,(H,24,25). The van der Waals surface area contributed by atoms with Crippen molar-refractivity contribution in [1.82, 2.24) is 4.90 Å². The van der Waals surface area contributed by atoms with Crippen LogP contribution in [0.25, 0.3) is 0 Å². The fraction of sp³-hybridized carbons (Fsp3) is 0.300. The summed E-state index contributed by atoms with van der Waals surface area (Å²) < 4.78 is 18.7. The molecule has 2 aromatic rings. The molecule has 6 heteroatoms. The van der Waals surface area contributed by atoms with E-state index in [1.165, 1.54) is 12.1 Å². The fourth-order valence-electron chi connectivity index (χ4n) is 3.24. The average molecular weight is 357 g/mol. The lowest BCUT2D eigenvalue weighted by Crippen LogP contribution is -2.37. The maximum atomic E-state index is 13.2. The molecule has 1 saturated heterocycles. The van der Waals surface area contributed by atoms with Crippen LogP contribution in [0.5, 0.6) is 5.75 Å². The van der Waals surface area contributed by atoms with Gasteiger partial charge in [-0.15, -0.1) is 0 Å². The third kappa shape index (κ3) is 3.85. The summed E-state index contributed by atoms with van der Waals surface area (Å²) in [6.07, 6.45) is 0.463. The number of likely N-dealkylation sites (tertiary alicyclic amines) is 1. The molecule has 1 aliphatic rings. The van der Waals surface area contributed by atoms with Crippen LogP contribution in [0.3, 0.4) is 0 Å². The van der Waals surface area contributed by atoms with Gasteiger partial charge >= 0.3 is 5.97 Å². The van der Waals surface area contributed by atoms with Crippen LogP contribution in [-0.4, -0.2) is 34.5 Å². The van der Waals surface area contributed by atoms with Gasteiger partial charge in [0.25, 0.3) is 5.91 Å². The van der Waals surface area contributed by atoms with Crippen molar-refractivity contribution in [1.29, 1.82) is 0 Å². The molecule has 2 aromatic carbocycles. The number of ether oxygens (including phenoxy) is 1. The smallest absolute Gasteiger partial charge is 0.308 e. The highest BCUT2D eigenvalue weighted by Crippen LogP contribution is 2.26. The number of carboxylic acids is 1. The third-order valence-electron chi connectivity index (χ3n) is 4.71. The zero-order chi connectivity index (χ0) is 18.7. The highest BCUT2D eigenvalue weighted by molar-refractivity contribution is 5.95. The first-order valence-electron chi connectivity index (χ1n) is 8.47. The third-order valence-corrected chi connectivity index (χ3v) is 4.71. The lowest BCUT2D eigenvalue weighted by Gasteiger charge is -2.23. The summed E-state index contributed by atoms with van der Waals surface area (Å²) >= 11 is 0. The minimum absolute atomic E-state index is 0.186. The maximum absolute atomic E-state index is 13.2. The SMILES string of the molecule is CC1C(C(=O)O)CCN1C(=O)c1cccc(COc2cccc(F)c2)c1. The van der Waals surface area contributed by atoms with Gasteiger partial charge in [-0.3, -0.25) is 9.59 Å². The van der Waals surface area contributed by atoms with Crippen LogP contribution in [0.1, 0.15) is 29.3 Å². The lowest BCUT2D eigenvalue weighted by atomic mass is 10.0. The molecule has 0 bridgehead atoms. The lowest BCUT2D eigenvalue weighted by molar-refractivity contribution is -0.142. The second-order valence-electron chi connectivity index (χ2n) is 6.42. The summed E-state index contributed by atoms with van der Waals surface area (Å²) in [7, 11) is 0. The van der Waals surface area contributed by atoms with E-state index in [0.29, 0.717) is 24.3 Å². The summed E-state index contributed by atoms with van der Waals surface area (Å²) in [6.45, 7) is 2.40. The molecule has 0 aromatic heterocycles. The Morgan fingerprint density at radius 3 is 2.69 bits per heavy atom. The van der Waals surface area contributed by atoms with Crippen molar-refractivity contribution in [3.63, 3.8) is 0 Å². The van der Waals surface area contributed by atoms with Gasteiger partial charge in [-0.25, -0.2) is 4.39 Å². The fourth-order valence-corrected chi connectivity index (χ4v) is 3.24. The van der Waals surface area contributed by atoms with Gasteiger partial charge in [0.1, 0.15) is 18.2 Å². The van der Waals surface area contributed by atoms with Gasteiger partial charge in [-0.05, 0) is 43.2 Å². The quantitative estimate of drug-likeness (QED) is 0.891. The zero-order valence-electron chi connectivity index (χ0n) is 14.4. The Morgan fingerprint density at radius 2 is 2.00 bits per heavy atom. The highest BCUT2D eigenvalue weighted by Gasteiger charge is 2.38. The largest absolute Gasteiger partial charge is 0.489 e. The molecule has 1 aliphatic heterocycles. The van der Waals surface area contributed by atoms with Crippen LogP contribution in [0.4, 0.5) is 4.39 Å². The predicted octanol–water partition coefficient (Wildman–Crippen LogP) is 3.34. The number of halogens is 1. The molecular formula is C20H20FNO4. The topological polar surface area (TPSA) is 66.8 Å². The van der Waals surface area contributed by atoms with Crippen LogP contribution in [0.2, 0.25) is 0 Å². The van der Waals surface area contributed by atoms with Crippen LogP contribution >= 0.6 is 0 Å². The molecule has 1 N–H and O–H groups in total. The highest BCUT2D eigenvalue weighted by atomic mass is 19.1.